The van der Waals surface area contributed by atoms with E-state index in [4.69, 9.17) is 4.74 Å². The highest BCUT2D eigenvalue weighted by molar-refractivity contribution is 5.83. The van der Waals surface area contributed by atoms with Crippen molar-refractivity contribution in [2.75, 3.05) is 0 Å². The number of aromatic nitrogens is 3. The lowest BCUT2D eigenvalue weighted by Gasteiger charge is -2.17. The van der Waals surface area contributed by atoms with E-state index in [1.54, 1.807) is 0 Å². The maximum atomic E-state index is 12.6. The second-order valence-corrected chi connectivity index (χ2v) is 6.33. The lowest BCUT2D eigenvalue weighted by Crippen LogP contribution is -2.29. The smallest absolute Gasteiger partial charge is 0.146 e. The summed E-state index contributed by atoms with van der Waals surface area (Å²) in [5, 5.41) is 4.21. The van der Waals surface area contributed by atoms with Crippen molar-refractivity contribution in [2.45, 2.75) is 59.8 Å². The van der Waals surface area contributed by atoms with E-state index in [0.29, 0.717) is 12.3 Å². The molecule has 0 spiro atoms. The van der Waals surface area contributed by atoms with E-state index in [-0.39, 0.29) is 29.8 Å². The minimum Gasteiger partial charge on any atom is -0.375 e. The summed E-state index contributed by atoms with van der Waals surface area (Å²) < 4.78 is 7.60. The summed E-state index contributed by atoms with van der Waals surface area (Å²) in [5.41, 5.74) is 0. The van der Waals surface area contributed by atoms with Crippen LogP contribution in [0, 0.1) is 17.8 Å². The van der Waals surface area contributed by atoms with Gasteiger partial charge in [-0.2, -0.15) is 5.10 Å². The molecule has 0 aromatic carbocycles. The standard InChI is InChI=1S/C15H25N3O2/c1-9(2)7-18-14(16-8-17-18)6-13(19)15-10(3)11(4)20-12(15)5/h8-12,15H,6-7H2,1-5H3. The highest BCUT2D eigenvalue weighted by Crippen LogP contribution is 2.33. The van der Waals surface area contributed by atoms with E-state index in [9.17, 15) is 4.79 Å². The molecule has 20 heavy (non-hydrogen) atoms. The number of carbonyl (C=O) groups is 1. The molecule has 1 saturated heterocycles. The van der Waals surface area contributed by atoms with Gasteiger partial charge in [-0.15, -0.1) is 0 Å². The van der Waals surface area contributed by atoms with E-state index >= 15 is 0 Å². The summed E-state index contributed by atoms with van der Waals surface area (Å²) >= 11 is 0. The van der Waals surface area contributed by atoms with Crippen molar-refractivity contribution in [3.05, 3.63) is 12.2 Å². The molecule has 0 aliphatic carbocycles. The predicted molar refractivity (Wildman–Crippen MR) is 76.2 cm³/mol. The number of Topliss-reactive ketones (excluding diaryl/α,β-unsaturated/α-hetero) is 1. The molecule has 112 valence electrons. The lowest BCUT2D eigenvalue weighted by molar-refractivity contribution is -0.124. The number of ether oxygens (including phenoxy) is 1. The van der Waals surface area contributed by atoms with Gasteiger partial charge >= 0.3 is 0 Å². The van der Waals surface area contributed by atoms with Gasteiger partial charge in [-0.05, 0) is 25.7 Å². The van der Waals surface area contributed by atoms with Gasteiger partial charge in [0.15, 0.2) is 0 Å². The first-order valence-corrected chi connectivity index (χ1v) is 7.45. The Kier molecular flexibility index (Phi) is 4.58. The largest absolute Gasteiger partial charge is 0.375 e. The van der Waals surface area contributed by atoms with Gasteiger partial charge in [-0.25, -0.2) is 9.67 Å². The lowest BCUT2D eigenvalue weighted by atomic mass is 9.85. The summed E-state index contributed by atoms with van der Waals surface area (Å²) in [4.78, 5) is 16.8. The number of hydrogen-bond donors (Lipinski definition) is 0. The highest BCUT2D eigenvalue weighted by Gasteiger charge is 2.41. The van der Waals surface area contributed by atoms with Crippen LogP contribution in [0.15, 0.2) is 6.33 Å². The fourth-order valence-corrected chi connectivity index (χ4v) is 3.02. The molecule has 1 aromatic rings. The number of carbonyl (C=O) groups excluding carboxylic acids is 1. The van der Waals surface area contributed by atoms with Crippen molar-refractivity contribution in [1.82, 2.24) is 14.8 Å². The third-order valence-corrected chi connectivity index (χ3v) is 4.18. The summed E-state index contributed by atoms with van der Waals surface area (Å²) in [7, 11) is 0. The Hall–Kier alpha value is -1.23. The number of ketones is 1. The van der Waals surface area contributed by atoms with Gasteiger partial charge in [0.05, 0.1) is 18.6 Å². The summed E-state index contributed by atoms with van der Waals surface area (Å²) in [6.45, 7) is 11.2. The van der Waals surface area contributed by atoms with Crippen LogP contribution in [0.3, 0.4) is 0 Å². The van der Waals surface area contributed by atoms with Gasteiger partial charge < -0.3 is 4.74 Å². The van der Waals surface area contributed by atoms with Gasteiger partial charge in [0.2, 0.25) is 0 Å². The zero-order valence-corrected chi connectivity index (χ0v) is 13.0. The molecule has 0 amide bonds. The van der Waals surface area contributed by atoms with Crippen molar-refractivity contribution in [3.8, 4) is 0 Å². The van der Waals surface area contributed by atoms with E-state index in [0.717, 1.165) is 12.4 Å². The molecule has 0 saturated carbocycles. The van der Waals surface area contributed by atoms with Crippen molar-refractivity contribution in [3.63, 3.8) is 0 Å². The quantitative estimate of drug-likeness (QED) is 0.828. The van der Waals surface area contributed by atoms with Gasteiger partial charge in [0, 0.05) is 12.5 Å². The Bertz CT molecular complexity index is 469. The number of nitrogens with zero attached hydrogens (tertiary/aromatic N) is 3. The van der Waals surface area contributed by atoms with E-state index < -0.39 is 0 Å². The van der Waals surface area contributed by atoms with Gasteiger partial charge in [0.1, 0.15) is 17.9 Å². The Balaban J connectivity index is 2.07. The maximum absolute atomic E-state index is 12.6. The molecule has 0 radical (unpaired) electrons. The highest BCUT2D eigenvalue weighted by atomic mass is 16.5. The van der Waals surface area contributed by atoms with Crippen molar-refractivity contribution < 1.29 is 9.53 Å². The van der Waals surface area contributed by atoms with Crippen LogP contribution in [0.4, 0.5) is 0 Å². The first-order valence-electron chi connectivity index (χ1n) is 7.45. The molecule has 5 nitrogen and oxygen atoms in total. The number of hydrogen-bond acceptors (Lipinski definition) is 4. The first kappa shape index (κ1) is 15.2. The van der Waals surface area contributed by atoms with Crippen LogP contribution in [-0.4, -0.2) is 32.8 Å². The fourth-order valence-electron chi connectivity index (χ4n) is 3.02. The molecule has 1 aromatic heterocycles. The fraction of sp³-hybridized carbons (Fsp3) is 0.800. The molecule has 2 rings (SSSR count). The van der Waals surface area contributed by atoms with Gasteiger partial charge in [0.25, 0.3) is 0 Å². The molecule has 1 fully saturated rings. The molecular weight excluding hydrogens is 254 g/mol. The van der Waals surface area contributed by atoms with Crippen LogP contribution in [0.2, 0.25) is 0 Å². The predicted octanol–water partition coefficient (Wildman–Crippen LogP) is 2.11. The average molecular weight is 279 g/mol. The Morgan fingerprint density at radius 2 is 2.05 bits per heavy atom. The molecule has 1 aliphatic heterocycles. The average Bonchev–Trinajstić information content (AvgIpc) is 2.85. The SMILES string of the molecule is CC(C)Cn1ncnc1CC(=O)C1C(C)OC(C)C1C. The van der Waals surface area contributed by atoms with Crippen LogP contribution in [0.25, 0.3) is 0 Å². The molecular formula is C15H25N3O2. The monoisotopic (exact) mass is 279 g/mol. The zero-order chi connectivity index (χ0) is 14.9. The first-order chi connectivity index (χ1) is 9.40. The molecule has 5 heteroatoms. The molecule has 1 aliphatic rings. The Morgan fingerprint density at radius 3 is 2.60 bits per heavy atom. The zero-order valence-electron chi connectivity index (χ0n) is 13.0. The summed E-state index contributed by atoms with van der Waals surface area (Å²) in [6.07, 6.45) is 2.02. The van der Waals surface area contributed by atoms with Crippen LogP contribution in [0.1, 0.15) is 40.4 Å². The maximum Gasteiger partial charge on any atom is 0.146 e. The Morgan fingerprint density at radius 1 is 1.35 bits per heavy atom. The van der Waals surface area contributed by atoms with Crippen molar-refractivity contribution in [1.29, 1.82) is 0 Å². The van der Waals surface area contributed by atoms with Crippen molar-refractivity contribution in [2.24, 2.45) is 17.8 Å². The van der Waals surface area contributed by atoms with E-state index in [1.165, 1.54) is 6.33 Å². The minimum absolute atomic E-state index is 0.00558. The van der Waals surface area contributed by atoms with E-state index in [1.807, 2.05) is 18.5 Å². The molecule has 2 heterocycles. The molecule has 0 N–H and O–H groups in total. The van der Waals surface area contributed by atoms with E-state index in [2.05, 4.69) is 30.9 Å². The summed E-state index contributed by atoms with van der Waals surface area (Å²) in [5.74, 6) is 1.70. The van der Waals surface area contributed by atoms with Gasteiger partial charge in [-0.3, -0.25) is 4.79 Å². The molecule has 4 unspecified atom stereocenters. The van der Waals surface area contributed by atoms with Crippen molar-refractivity contribution >= 4 is 5.78 Å². The minimum atomic E-state index is -0.0331. The van der Waals surface area contributed by atoms with Crippen LogP contribution in [-0.2, 0) is 22.5 Å². The molecule has 0 bridgehead atoms. The van der Waals surface area contributed by atoms with Crippen LogP contribution < -0.4 is 0 Å². The normalized spacial score (nSPS) is 30.1. The van der Waals surface area contributed by atoms with Crippen LogP contribution >= 0.6 is 0 Å². The van der Waals surface area contributed by atoms with Crippen LogP contribution in [0.5, 0.6) is 0 Å². The number of rotatable bonds is 5. The van der Waals surface area contributed by atoms with Gasteiger partial charge in [-0.1, -0.05) is 20.8 Å². The third kappa shape index (κ3) is 3.08. The third-order valence-electron chi connectivity index (χ3n) is 4.18. The Labute approximate surface area is 120 Å². The topological polar surface area (TPSA) is 57.0 Å². The second kappa shape index (κ2) is 6.04. The molecule has 4 atom stereocenters. The summed E-state index contributed by atoms with van der Waals surface area (Å²) in [6, 6.07) is 0. The second-order valence-electron chi connectivity index (χ2n) is 6.33.